The van der Waals surface area contributed by atoms with Crippen molar-refractivity contribution < 1.29 is 5.11 Å². The van der Waals surface area contributed by atoms with E-state index in [0.29, 0.717) is 6.04 Å². The van der Waals surface area contributed by atoms with Crippen molar-refractivity contribution in [1.82, 2.24) is 10.2 Å². The number of aliphatic hydroxyl groups excluding tert-OH is 1. The second-order valence-electron chi connectivity index (χ2n) is 5.50. The Kier molecular flexibility index (Phi) is 3.93. The molecule has 0 amide bonds. The van der Waals surface area contributed by atoms with Crippen LogP contribution in [0.4, 0.5) is 0 Å². The smallest absolute Gasteiger partial charge is 0.0715 e. The highest BCUT2D eigenvalue weighted by molar-refractivity contribution is 4.81. The van der Waals surface area contributed by atoms with E-state index in [0.717, 1.165) is 26.2 Å². The van der Waals surface area contributed by atoms with Gasteiger partial charge in [0.2, 0.25) is 0 Å². The number of hydrogen-bond donors (Lipinski definition) is 2. The van der Waals surface area contributed by atoms with Crippen LogP contribution in [0.3, 0.4) is 0 Å². The van der Waals surface area contributed by atoms with Crippen molar-refractivity contribution in [2.45, 2.75) is 39.8 Å². The molecule has 0 aromatic carbocycles. The van der Waals surface area contributed by atoms with Crippen LogP contribution in [-0.4, -0.2) is 48.3 Å². The highest BCUT2D eigenvalue weighted by atomic mass is 16.3. The zero-order valence-electron chi connectivity index (χ0n) is 9.88. The highest BCUT2D eigenvalue weighted by Crippen LogP contribution is 2.20. The molecule has 1 fully saturated rings. The number of aliphatic hydroxyl groups is 1. The van der Waals surface area contributed by atoms with Crippen molar-refractivity contribution in [2.75, 3.05) is 26.2 Å². The zero-order valence-corrected chi connectivity index (χ0v) is 9.88. The van der Waals surface area contributed by atoms with E-state index in [4.69, 9.17) is 0 Å². The number of nitrogens with zero attached hydrogens (tertiary/aromatic N) is 1. The van der Waals surface area contributed by atoms with Gasteiger partial charge in [0.05, 0.1) is 6.10 Å². The van der Waals surface area contributed by atoms with Gasteiger partial charge in [-0.3, -0.25) is 4.90 Å². The fourth-order valence-electron chi connectivity index (χ4n) is 1.70. The predicted octanol–water partition coefficient (Wildman–Crippen LogP) is 0.687. The van der Waals surface area contributed by atoms with Crippen molar-refractivity contribution in [2.24, 2.45) is 5.41 Å². The number of hydrogen-bond acceptors (Lipinski definition) is 3. The van der Waals surface area contributed by atoms with Crippen LogP contribution >= 0.6 is 0 Å². The first-order valence-electron chi connectivity index (χ1n) is 5.53. The second-order valence-corrected chi connectivity index (χ2v) is 5.50. The van der Waals surface area contributed by atoms with Gasteiger partial charge in [-0.05, 0) is 12.3 Å². The molecule has 0 spiro atoms. The van der Waals surface area contributed by atoms with Gasteiger partial charge in [-0.25, -0.2) is 0 Å². The van der Waals surface area contributed by atoms with Gasteiger partial charge in [0.1, 0.15) is 0 Å². The van der Waals surface area contributed by atoms with Crippen molar-refractivity contribution in [3.05, 3.63) is 0 Å². The normalized spacial score (nSPS) is 27.6. The average molecular weight is 200 g/mol. The monoisotopic (exact) mass is 200 g/mol. The average Bonchev–Trinajstić information content (AvgIpc) is 2.02. The first-order chi connectivity index (χ1) is 6.39. The van der Waals surface area contributed by atoms with E-state index in [1.807, 2.05) is 0 Å². The van der Waals surface area contributed by atoms with Crippen LogP contribution in [0.5, 0.6) is 0 Å². The molecule has 1 rings (SSSR count). The van der Waals surface area contributed by atoms with Crippen LogP contribution in [0.15, 0.2) is 0 Å². The van der Waals surface area contributed by atoms with Gasteiger partial charge in [-0.15, -0.1) is 0 Å². The molecule has 84 valence electrons. The Bertz CT molecular complexity index is 177. The third-order valence-corrected chi connectivity index (χ3v) is 2.88. The van der Waals surface area contributed by atoms with Crippen LogP contribution < -0.4 is 5.32 Å². The molecule has 14 heavy (non-hydrogen) atoms. The molecule has 1 saturated heterocycles. The van der Waals surface area contributed by atoms with Gasteiger partial charge >= 0.3 is 0 Å². The molecule has 0 aromatic heterocycles. The SMILES string of the molecule is CC1CN(CC(O)C(C)(C)C)CCN1. The second kappa shape index (κ2) is 4.60. The van der Waals surface area contributed by atoms with E-state index in [-0.39, 0.29) is 11.5 Å². The van der Waals surface area contributed by atoms with Crippen LogP contribution in [0, 0.1) is 5.41 Å². The quantitative estimate of drug-likeness (QED) is 0.688. The first kappa shape index (κ1) is 12.0. The van der Waals surface area contributed by atoms with Crippen LogP contribution in [0.25, 0.3) is 0 Å². The van der Waals surface area contributed by atoms with Gasteiger partial charge in [-0.2, -0.15) is 0 Å². The fourth-order valence-corrected chi connectivity index (χ4v) is 1.70. The number of nitrogens with one attached hydrogen (secondary N) is 1. The predicted molar refractivity (Wildman–Crippen MR) is 59.4 cm³/mol. The minimum atomic E-state index is -0.229. The third kappa shape index (κ3) is 3.56. The van der Waals surface area contributed by atoms with E-state index in [1.165, 1.54) is 0 Å². The summed E-state index contributed by atoms with van der Waals surface area (Å²) in [7, 11) is 0. The summed E-state index contributed by atoms with van der Waals surface area (Å²) < 4.78 is 0. The molecule has 0 aliphatic carbocycles. The molecule has 1 heterocycles. The van der Waals surface area contributed by atoms with Crippen LogP contribution in [0.2, 0.25) is 0 Å². The van der Waals surface area contributed by atoms with E-state index in [1.54, 1.807) is 0 Å². The molecule has 3 nitrogen and oxygen atoms in total. The number of β-amino-alcohol motifs (C(OH)–C–C–N with tert-alkyl or cyclic N) is 1. The molecule has 1 aliphatic rings. The zero-order chi connectivity index (χ0) is 10.8. The molecular weight excluding hydrogens is 176 g/mol. The Labute approximate surface area is 87.5 Å². The van der Waals surface area contributed by atoms with Crippen molar-refractivity contribution in [1.29, 1.82) is 0 Å². The summed E-state index contributed by atoms with van der Waals surface area (Å²) in [6.07, 6.45) is -0.229. The van der Waals surface area contributed by atoms with E-state index < -0.39 is 0 Å². The van der Waals surface area contributed by atoms with Gasteiger partial charge in [0.25, 0.3) is 0 Å². The molecule has 0 aromatic rings. The molecule has 2 unspecified atom stereocenters. The summed E-state index contributed by atoms with van der Waals surface area (Å²) in [5, 5.41) is 13.4. The molecule has 2 N–H and O–H groups in total. The Hall–Kier alpha value is -0.120. The van der Waals surface area contributed by atoms with E-state index in [2.05, 4.69) is 37.9 Å². The highest BCUT2D eigenvalue weighted by Gasteiger charge is 2.26. The lowest BCUT2D eigenvalue weighted by molar-refractivity contribution is 0.0216. The summed E-state index contributed by atoms with van der Waals surface area (Å²) in [4.78, 5) is 2.34. The number of piperazine rings is 1. The van der Waals surface area contributed by atoms with Gasteiger partial charge in [0, 0.05) is 32.2 Å². The van der Waals surface area contributed by atoms with E-state index >= 15 is 0 Å². The lowest BCUT2D eigenvalue weighted by atomic mass is 9.88. The largest absolute Gasteiger partial charge is 0.391 e. The molecule has 1 aliphatic heterocycles. The topological polar surface area (TPSA) is 35.5 Å². The summed E-state index contributed by atoms with van der Waals surface area (Å²) in [5.74, 6) is 0. The maximum Gasteiger partial charge on any atom is 0.0715 e. The van der Waals surface area contributed by atoms with Gasteiger partial charge in [-0.1, -0.05) is 20.8 Å². The summed E-state index contributed by atoms with van der Waals surface area (Å²) in [5.41, 5.74) is -0.00584. The summed E-state index contributed by atoms with van der Waals surface area (Å²) >= 11 is 0. The molecule has 2 atom stereocenters. The maximum absolute atomic E-state index is 9.96. The lowest BCUT2D eigenvalue weighted by Gasteiger charge is -2.36. The van der Waals surface area contributed by atoms with Gasteiger partial charge in [0.15, 0.2) is 0 Å². The maximum atomic E-state index is 9.96. The molecular formula is C11H24N2O. The lowest BCUT2D eigenvalue weighted by Crippen LogP contribution is -2.52. The van der Waals surface area contributed by atoms with Gasteiger partial charge < -0.3 is 10.4 Å². The van der Waals surface area contributed by atoms with Crippen molar-refractivity contribution in [3.63, 3.8) is 0 Å². The van der Waals surface area contributed by atoms with Crippen LogP contribution in [-0.2, 0) is 0 Å². The number of rotatable bonds is 2. The summed E-state index contributed by atoms with van der Waals surface area (Å²) in [6, 6.07) is 0.552. The minimum Gasteiger partial charge on any atom is -0.391 e. The van der Waals surface area contributed by atoms with Crippen molar-refractivity contribution in [3.8, 4) is 0 Å². The fraction of sp³-hybridized carbons (Fsp3) is 1.00. The minimum absolute atomic E-state index is 0.00584. The Morgan fingerprint density at radius 1 is 1.50 bits per heavy atom. The Morgan fingerprint density at radius 3 is 2.64 bits per heavy atom. The molecule has 0 saturated carbocycles. The molecule has 0 radical (unpaired) electrons. The van der Waals surface area contributed by atoms with Crippen LogP contribution in [0.1, 0.15) is 27.7 Å². The Morgan fingerprint density at radius 2 is 2.14 bits per heavy atom. The molecule has 3 heteroatoms. The standard InChI is InChI=1S/C11H24N2O/c1-9-7-13(6-5-12-9)8-10(14)11(2,3)4/h9-10,12,14H,5-8H2,1-4H3. The molecule has 0 bridgehead atoms. The van der Waals surface area contributed by atoms with E-state index in [9.17, 15) is 5.11 Å². The first-order valence-corrected chi connectivity index (χ1v) is 5.53. The Balaban J connectivity index is 2.36. The summed E-state index contributed by atoms with van der Waals surface area (Å²) in [6.45, 7) is 12.4. The van der Waals surface area contributed by atoms with Crippen molar-refractivity contribution >= 4 is 0 Å². The third-order valence-electron chi connectivity index (χ3n) is 2.88.